The second kappa shape index (κ2) is 10.6. The molecule has 2 N–H and O–H groups in total. The monoisotopic (exact) mass is 414 g/mol. The first kappa shape index (κ1) is 22.3. The van der Waals surface area contributed by atoms with E-state index in [2.05, 4.69) is 15.9 Å². The Labute approximate surface area is 179 Å². The number of carbonyl (C=O) groups is 2. The van der Waals surface area contributed by atoms with Gasteiger partial charge in [0.2, 0.25) is 5.91 Å². The Morgan fingerprint density at radius 1 is 1.10 bits per heavy atom. The predicted octanol–water partition coefficient (Wildman–Crippen LogP) is 2.22. The molecule has 0 aliphatic carbocycles. The van der Waals surface area contributed by atoms with Crippen molar-refractivity contribution < 1.29 is 14.8 Å². The quantitative estimate of drug-likeness (QED) is 0.424. The molecule has 0 aromatic heterocycles. The first-order valence-corrected chi connectivity index (χ1v) is 10.9. The fourth-order valence-electron chi connectivity index (χ4n) is 4.36. The molecule has 2 heterocycles. The number of piperidine rings is 1. The Balaban J connectivity index is 1.49. The number of anilines is 1. The first-order chi connectivity index (χ1) is 14.5. The summed E-state index contributed by atoms with van der Waals surface area (Å²) in [5, 5.41) is 8.67. The largest absolute Gasteiger partial charge is 0.368 e. The maximum atomic E-state index is 12.2. The molecule has 1 aromatic rings. The fraction of sp³-hybridized carbons (Fsp3) is 0.565. The lowest BCUT2D eigenvalue weighted by Gasteiger charge is -2.40. The van der Waals surface area contributed by atoms with Crippen LogP contribution < -0.4 is 10.4 Å². The summed E-state index contributed by atoms with van der Waals surface area (Å²) in [4.78, 5) is 30.4. The number of benzene rings is 1. The molecule has 0 atom stereocenters. The van der Waals surface area contributed by atoms with Crippen LogP contribution in [0.15, 0.2) is 30.3 Å². The predicted molar refractivity (Wildman–Crippen MR) is 118 cm³/mol. The van der Waals surface area contributed by atoms with E-state index in [1.807, 2.05) is 36.9 Å². The molecule has 0 saturated carbocycles. The molecule has 30 heavy (non-hydrogen) atoms. The molecule has 7 nitrogen and oxygen atoms in total. The molecule has 1 aromatic carbocycles. The van der Waals surface area contributed by atoms with E-state index in [9.17, 15) is 9.59 Å². The van der Waals surface area contributed by atoms with Crippen molar-refractivity contribution in [3.63, 3.8) is 0 Å². The Bertz CT molecular complexity index is 749. The number of rotatable bonds is 6. The lowest BCUT2D eigenvalue weighted by Crippen LogP contribution is -2.49. The number of hydrogen-bond donors (Lipinski definition) is 2. The van der Waals surface area contributed by atoms with Gasteiger partial charge in [0.1, 0.15) is 0 Å². The van der Waals surface area contributed by atoms with Crippen molar-refractivity contribution in [2.75, 3.05) is 50.7 Å². The van der Waals surface area contributed by atoms with Crippen LogP contribution in [0.4, 0.5) is 5.69 Å². The standard InChI is InChI=1S/C23H34N4O3/c1-18(2)23(29)27-11-9-19(10-12-27)17-25-13-15-26(16-14-25)21-6-4-3-5-20(21)7-8-22(28)24-30/h3-8,18-19,30H,9-17H2,1-2H3,(H,24,28)/b8-7+. The van der Waals surface area contributed by atoms with Crippen molar-refractivity contribution in [1.82, 2.24) is 15.3 Å². The third-order valence-electron chi connectivity index (χ3n) is 6.11. The number of hydroxylamine groups is 1. The molecule has 3 rings (SSSR count). The smallest absolute Gasteiger partial charge is 0.267 e. The minimum atomic E-state index is -0.532. The van der Waals surface area contributed by atoms with Gasteiger partial charge in [0.05, 0.1) is 0 Å². The Morgan fingerprint density at radius 3 is 2.40 bits per heavy atom. The van der Waals surface area contributed by atoms with Crippen LogP contribution in [0.1, 0.15) is 32.3 Å². The summed E-state index contributed by atoms with van der Waals surface area (Å²) in [5.74, 6) is 0.507. The van der Waals surface area contributed by atoms with Crippen LogP contribution in [0.2, 0.25) is 0 Å². The average Bonchev–Trinajstić information content (AvgIpc) is 2.78. The van der Waals surface area contributed by atoms with Crippen molar-refractivity contribution in [2.45, 2.75) is 26.7 Å². The summed E-state index contributed by atoms with van der Waals surface area (Å²) in [6.07, 6.45) is 5.27. The van der Waals surface area contributed by atoms with Gasteiger partial charge in [-0.05, 0) is 36.5 Å². The highest BCUT2D eigenvalue weighted by Crippen LogP contribution is 2.25. The lowest BCUT2D eigenvalue weighted by molar-refractivity contribution is -0.136. The van der Waals surface area contributed by atoms with E-state index in [-0.39, 0.29) is 11.8 Å². The van der Waals surface area contributed by atoms with Crippen molar-refractivity contribution >= 4 is 23.6 Å². The average molecular weight is 415 g/mol. The molecule has 0 bridgehead atoms. The van der Waals surface area contributed by atoms with Crippen LogP contribution in [-0.2, 0) is 9.59 Å². The maximum Gasteiger partial charge on any atom is 0.267 e. The van der Waals surface area contributed by atoms with E-state index in [0.29, 0.717) is 5.92 Å². The van der Waals surface area contributed by atoms with E-state index in [1.165, 1.54) is 6.08 Å². The first-order valence-electron chi connectivity index (χ1n) is 10.9. The van der Waals surface area contributed by atoms with Gasteiger partial charge in [-0.25, -0.2) is 5.48 Å². The minimum Gasteiger partial charge on any atom is -0.368 e. The molecular weight excluding hydrogens is 380 g/mol. The van der Waals surface area contributed by atoms with E-state index in [4.69, 9.17) is 5.21 Å². The Hall–Kier alpha value is -2.38. The molecule has 7 heteroatoms. The summed E-state index contributed by atoms with van der Waals surface area (Å²) >= 11 is 0. The highest BCUT2D eigenvalue weighted by atomic mass is 16.5. The summed E-state index contributed by atoms with van der Waals surface area (Å²) in [7, 11) is 0. The maximum absolute atomic E-state index is 12.2. The van der Waals surface area contributed by atoms with Gasteiger partial charge in [-0.1, -0.05) is 32.0 Å². The molecule has 2 fully saturated rings. The topological polar surface area (TPSA) is 76.1 Å². The number of likely N-dealkylation sites (tertiary alicyclic amines) is 1. The second-order valence-electron chi connectivity index (χ2n) is 8.58. The van der Waals surface area contributed by atoms with Gasteiger partial charge in [-0.2, -0.15) is 0 Å². The van der Waals surface area contributed by atoms with Crippen LogP contribution in [0.3, 0.4) is 0 Å². The highest BCUT2D eigenvalue weighted by molar-refractivity contribution is 5.91. The van der Waals surface area contributed by atoms with Gasteiger partial charge >= 0.3 is 0 Å². The molecule has 2 saturated heterocycles. The molecule has 2 aliphatic rings. The van der Waals surface area contributed by atoms with Crippen molar-refractivity contribution in [3.8, 4) is 0 Å². The number of amides is 2. The SMILES string of the molecule is CC(C)C(=O)N1CCC(CN2CCN(c3ccccc3/C=C/C(=O)NO)CC2)CC1. The van der Waals surface area contributed by atoms with Crippen LogP contribution >= 0.6 is 0 Å². The second-order valence-corrected chi connectivity index (χ2v) is 8.58. The molecular formula is C23H34N4O3. The fourth-order valence-corrected chi connectivity index (χ4v) is 4.36. The summed E-state index contributed by atoms with van der Waals surface area (Å²) in [6.45, 7) is 10.8. The number of nitrogens with one attached hydrogen (secondary N) is 1. The van der Waals surface area contributed by atoms with Crippen molar-refractivity contribution in [3.05, 3.63) is 35.9 Å². The van der Waals surface area contributed by atoms with Crippen molar-refractivity contribution in [2.24, 2.45) is 11.8 Å². The zero-order chi connectivity index (χ0) is 21.5. The number of para-hydroxylation sites is 1. The lowest BCUT2D eigenvalue weighted by atomic mass is 9.95. The minimum absolute atomic E-state index is 0.0883. The third kappa shape index (κ3) is 5.83. The van der Waals surface area contributed by atoms with E-state index in [1.54, 1.807) is 11.6 Å². The molecule has 164 valence electrons. The summed E-state index contributed by atoms with van der Waals surface area (Å²) in [6, 6.07) is 8.02. The van der Waals surface area contributed by atoms with Gasteiger partial charge in [0.25, 0.3) is 5.91 Å². The normalized spacial score (nSPS) is 18.9. The third-order valence-corrected chi connectivity index (χ3v) is 6.11. The Kier molecular flexibility index (Phi) is 7.87. The number of nitrogens with zero attached hydrogens (tertiary/aromatic N) is 3. The zero-order valence-electron chi connectivity index (χ0n) is 18.1. The van der Waals surface area contributed by atoms with Crippen LogP contribution in [0, 0.1) is 11.8 Å². The van der Waals surface area contributed by atoms with Crippen LogP contribution in [-0.4, -0.2) is 72.6 Å². The van der Waals surface area contributed by atoms with E-state index < -0.39 is 5.91 Å². The van der Waals surface area contributed by atoms with E-state index >= 15 is 0 Å². The molecule has 0 radical (unpaired) electrons. The van der Waals surface area contributed by atoms with E-state index in [0.717, 1.165) is 69.9 Å². The van der Waals surface area contributed by atoms with Crippen molar-refractivity contribution in [1.29, 1.82) is 0 Å². The summed E-state index contributed by atoms with van der Waals surface area (Å²) in [5.41, 5.74) is 3.71. The molecule has 0 spiro atoms. The molecule has 2 aliphatic heterocycles. The number of piperazine rings is 1. The van der Waals surface area contributed by atoms with Gasteiger partial charge < -0.3 is 9.80 Å². The van der Waals surface area contributed by atoms with Gasteiger partial charge in [0, 0.05) is 63.5 Å². The number of carbonyl (C=O) groups excluding carboxylic acids is 2. The summed E-state index contributed by atoms with van der Waals surface area (Å²) < 4.78 is 0. The van der Waals surface area contributed by atoms with Crippen LogP contribution in [0.25, 0.3) is 6.08 Å². The van der Waals surface area contributed by atoms with Crippen LogP contribution in [0.5, 0.6) is 0 Å². The highest BCUT2D eigenvalue weighted by Gasteiger charge is 2.27. The van der Waals surface area contributed by atoms with Gasteiger partial charge in [-0.3, -0.25) is 19.7 Å². The Morgan fingerprint density at radius 2 is 1.77 bits per heavy atom. The zero-order valence-corrected chi connectivity index (χ0v) is 18.1. The number of hydrogen-bond acceptors (Lipinski definition) is 5. The van der Waals surface area contributed by atoms with Gasteiger partial charge in [0.15, 0.2) is 0 Å². The molecule has 2 amide bonds. The van der Waals surface area contributed by atoms with Gasteiger partial charge in [-0.15, -0.1) is 0 Å². The molecule has 0 unspecified atom stereocenters.